The number of Topliss-reactive ketones (excluding diaryl/α,β-unsaturated/α-hetero) is 1. The Morgan fingerprint density at radius 1 is 1.15 bits per heavy atom. The average molecular weight is 354 g/mol. The second kappa shape index (κ2) is 6.63. The molecule has 6 nitrogen and oxygen atoms in total. The fourth-order valence-electron chi connectivity index (χ4n) is 3.34. The van der Waals surface area contributed by atoms with Crippen LogP contribution >= 0.6 is 0 Å². The quantitative estimate of drug-likeness (QED) is 0.855. The van der Waals surface area contributed by atoms with Crippen molar-refractivity contribution in [3.8, 4) is 11.5 Å². The van der Waals surface area contributed by atoms with Crippen LogP contribution < -0.4 is 4.74 Å². The molecule has 1 N–H and O–H groups in total. The van der Waals surface area contributed by atoms with Gasteiger partial charge < -0.3 is 19.2 Å². The first-order chi connectivity index (χ1) is 12.5. The maximum Gasteiger partial charge on any atom is 0.232 e. The highest BCUT2D eigenvalue weighted by molar-refractivity contribution is 6.14. The summed E-state index contributed by atoms with van der Waals surface area (Å²) < 4.78 is 11.4. The summed E-state index contributed by atoms with van der Waals surface area (Å²) in [7, 11) is 2.10. The third-order valence-corrected chi connectivity index (χ3v) is 4.93. The number of aryl methyl sites for hydroxylation is 1. The van der Waals surface area contributed by atoms with Gasteiger partial charge in [-0.1, -0.05) is 0 Å². The number of carbonyl (C=O) groups is 1. The van der Waals surface area contributed by atoms with Gasteiger partial charge in [-0.15, -0.1) is 0 Å². The Bertz CT molecular complexity index is 876. The molecule has 6 heteroatoms. The summed E-state index contributed by atoms with van der Waals surface area (Å²) in [5.41, 5.74) is 1.15. The van der Waals surface area contributed by atoms with Gasteiger partial charge in [-0.2, -0.15) is 0 Å². The SMILES string of the molecule is Cc1ccc(C=C2Oc3c(ccc(O)c3CN3CCN(C)CC3)C2=O)o1. The van der Waals surface area contributed by atoms with E-state index in [2.05, 4.69) is 16.8 Å². The normalized spacial score (nSPS) is 19.8. The molecule has 0 radical (unpaired) electrons. The first kappa shape index (κ1) is 16.9. The number of hydrogen-bond donors (Lipinski definition) is 1. The molecule has 2 aromatic rings. The fourth-order valence-corrected chi connectivity index (χ4v) is 3.34. The van der Waals surface area contributed by atoms with Gasteiger partial charge in [-0.05, 0) is 38.2 Å². The molecular weight excluding hydrogens is 332 g/mol. The molecule has 4 rings (SSSR count). The van der Waals surface area contributed by atoms with Gasteiger partial charge in [-0.25, -0.2) is 0 Å². The lowest BCUT2D eigenvalue weighted by Crippen LogP contribution is -2.43. The van der Waals surface area contributed by atoms with Crippen molar-refractivity contribution in [2.75, 3.05) is 33.2 Å². The summed E-state index contributed by atoms with van der Waals surface area (Å²) in [4.78, 5) is 17.2. The number of piperazine rings is 1. The summed E-state index contributed by atoms with van der Waals surface area (Å²) in [6.45, 7) is 6.21. The van der Waals surface area contributed by atoms with E-state index < -0.39 is 0 Å². The molecule has 0 spiro atoms. The molecule has 136 valence electrons. The fraction of sp³-hybridized carbons (Fsp3) is 0.350. The lowest BCUT2D eigenvalue weighted by molar-refractivity contribution is 0.101. The van der Waals surface area contributed by atoms with Crippen LogP contribution in [0, 0.1) is 6.92 Å². The molecule has 26 heavy (non-hydrogen) atoms. The van der Waals surface area contributed by atoms with Crippen LogP contribution in [0.15, 0.2) is 34.4 Å². The minimum absolute atomic E-state index is 0.158. The van der Waals surface area contributed by atoms with Crippen molar-refractivity contribution >= 4 is 11.9 Å². The second-order valence-electron chi connectivity index (χ2n) is 6.91. The minimum atomic E-state index is -0.186. The second-order valence-corrected chi connectivity index (χ2v) is 6.91. The molecule has 1 aromatic heterocycles. The van der Waals surface area contributed by atoms with Gasteiger partial charge in [0.1, 0.15) is 23.0 Å². The predicted molar refractivity (Wildman–Crippen MR) is 97.3 cm³/mol. The molecule has 0 atom stereocenters. The van der Waals surface area contributed by atoms with E-state index in [0.29, 0.717) is 29.2 Å². The topological polar surface area (TPSA) is 66.2 Å². The molecule has 1 saturated heterocycles. The van der Waals surface area contributed by atoms with E-state index in [1.807, 2.05) is 13.0 Å². The first-order valence-corrected chi connectivity index (χ1v) is 8.77. The minimum Gasteiger partial charge on any atom is -0.507 e. The van der Waals surface area contributed by atoms with E-state index in [0.717, 1.165) is 31.9 Å². The number of fused-ring (bicyclic) bond motifs is 1. The zero-order chi connectivity index (χ0) is 18.3. The Kier molecular flexibility index (Phi) is 4.30. The number of furan rings is 1. The number of phenolic OH excluding ortho intramolecular Hbond substituents is 1. The Balaban J connectivity index is 1.62. The van der Waals surface area contributed by atoms with Crippen LogP contribution in [0.4, 0.5) is 0 Å². The van der Waals surface area contributed by atoms with Gasteiger partial charge >= 0.3 is 0 Å². The summed E-state index contributed by atoms with van der Waals surface area (Å²) in [5.74, 6) is 2.00. The smallest absolute Gasteiger partial charge is 0.232 e. The molecule has 1 aromatic carbocycles. The average Bonchev–Trinajstić information content (AvgIpc) is 3.16. The zero-order valence-corrected chi connectivity index (χ0v) is 15.0. The Hall–Kier alpha value is -2.57. The monoisotopic (exact) mass is 354 g/mol. The summed E-state index contributed by atoms with van der Waals surface area (Å²) >= 11 is 0. The Labute approximate surface area is 152 Å². The number of phenols is 1. The molecule has 3 heterocycles. The maximum atomic E-state index is 12.7. The summed E-state index contributed by atoms with van der Waals surface area (Å²) in [5, 5.41) is 10.4. The maximum absolute atomic E-state index is 12.7. The van der Waals surface area contributed by atoms with Crippen molar-refractivity contribution in [3.63, 3.8) is 0 Å². The van der Waals surface area contributed by atoms with Crippen LogP contribution in [0.1, 0.15) is 27.4 Å². The summed E-state index contributed by atoms with van der Waals surface area (Å²) in [6.07, 6.45) is 1.60. The number of likely N-dealkylation sites (N-methyl/N-ethyl adjacent to an activating group) is 1. The van der Waals surface area contributed by atoms with Gasteiger partial charge in [0, 0.05) is 38.8 Å². The van der Waals surface area contributed by atoms with Gasteiger partial charge in [0.05, 0.1) is 11.1 Å². The standard InChI is InChI=1S/C20H22N2O4/c1-13-3-4-14(25-13)11-18-19(24)15-5-6-17(23)16(20(15)26-18)12-22-9-7-21(2)8-10-22/h3-6,11,23H,7-10,12H2,1-2H3. The van der Waals surface area contributed by atoms with Crippen molar-refractivity contribution in [1.29, 1.82) is 0 Å². The van der Waals surface area contributed by atoms with E-state index in [9.17, 15) is 9.90 Å². The lowest BCUT2D eigenvalue weighted by Gasteiger charge is -2.32. The number of ketones is 1. The van der Waals surface area contributed by atoms with E-state index in [1.165, 1.54) is 0 Å². The number of benzene rings is 1. The van der Waals surface area contributed by atoms with Crippen LogP contribution in [-0.4, -0.2) is 53.9 Å². The number of nitrogens with zero attached hydrogens (tertiary/aromatic N) is 2. The Morgan fingerprint density at radius 2 is 1.92 bits per heavy atom. The third kappa shape index (κ3) is 3.13. The highest BCUT2D eigenvalue weighted by atomic mass is 16.5. The number of carbonyl (C=O) groups excluding carboxylic acids is 1. The van der Waals surface area contributed by atoms with Crippen LogP contribution in [0.25, 0.3) is 6.08 Å². The molecule has 0 aliphatic carbocycles. The molecule has 0 saturated carbocycles. The van der Waals surface area contributed by atoms with Crippen LogP contribution in [0.5, 0.6) is 11.5 Å². The van der Waals surface area contributed by atoms with E-state index in [1.54, 1.807) is 24.3 Å². The van der Waals surface area contributed by atoms with Crippen molar-refractivity contribution in [2.24, 2.45) is 0 Å². The van der Waals surface area contributed by atoms with E-state index >= 15 is 0 Å². The molecular formula is C20H22N2O4. The molecule has 1 fully saturated rings. The highest BCUT2D eigenvalue weighted by Gasteiger charge is 2.32. The van der Waals surface area contributed by atoms with Crippen LogP contribution in [-0.2, 0) is 6.54 Å². The predicted octanol–water partition coefficient (Wildman–Crippen LogP) is 2.66. The lowest BCUT2D eigenvalue weighted by atomic mass is 10.0. The summed E-state index contributed by atoms with van der Waals surface area (Å²) in [6, 6.07) is 6.83. The van der Waals surface area contributed by atoms with Crippen LogP contribution in [0.2, 0.25) is 0 Å². The van der Waals surface area contributed by atoms with Crippen molar-refractivity contribution in [1.82, 2.24) is 9.80 Å². The molecule has 2 aliphatic rings. The molecule has 2 aliphatic heterocycles. The largest absolute Gasteiger partial charge is 0.507 e. The molecule has 0 bridgehead atoms. The van der Waals surface area contributed by atoms with E-state index in [4.69, 9.17) is 9.15 Å². The van der Waals surface area contributed by atoms with Crippen LogP contribution in [0.3, 0.4) is 0 Å². The first-order valence-electron chi connectivity index (χ1n) is 8.77. The number of hydrogen-bond acceptors (Lipinski definition) is 6. The molecule has 0 amide bonds. The van der Waals surface area contributed by atoms with Crippen molar-refractivity contribution in [3.05, 3.63) is 52.7 Å². The van der Waals surface area contributed by atoms with Gasteiger partial charge in [0.2, 0.25) is 5.78 Å². The molecule has 0 unspecified atom stereocenters. The number of rotatable bonds is 3. The highest BCUT2D eigenvalue weighted by Crippen LogP contribution is 2.40. The van der Waals surface area contributed by atoms with E-state index in [-0.39, 0.29) is 17.3 Å². The van der Waals surface area contributed by atoms with Gasteiger partial charge in [0.15, 0.2) is 5.76 Å². The third-order valence-electron chi connectivity index (χ3n) is 4.93. The number of allylic oxidation sites excluding steroid dienone is 1. The van der Waals surface area contributed by atoms with Crippen molar-refractivity contribution < 1.29 is 19.1 Å². The zero-order valence-electron chi connectivity index (χ0n) is 15.0. The van der Waals surface area contributed by atoms with Gasteiger partial charge in [0.25, 0.3) is 0 Å². The van der Waals surface area contributed by atoms with Crippen molar-refractivity contribution in [2.45, 2.75) is 13.5 Å². The van der Waals surface area contributed by atoms with Gasteiger partial charge in [-0.3, -0.25) is 9.69 Å². The Morgan fingerprint density at radius 3 is 2.62 bits per heavy atom. The number of aromatic hydroxyl groups is 1. The number of ether oxygens (including phenoxy) is 1.